The van der Waals surface area contributed by atoms with Crippen molar-refractivity contribution in [2.45, 2.75) is 12.5 Å². The number of carbonyl (C=O) groups excluding carboxylic acids is 2. The average Bonchev–Trinajstić information content (AvgIpc) is 2.49. The Hall–Kier alpha value is -1.85. The largest absolute Gasteiger partial charge is 0.368 e. The lowest BCUT2D eigenvalue weighted by Crippen LogP contribution is -2.46. The summed E-state index contributed by atoms with van der Waals surface area (Å²) in [6.45, 7) is 0. The molecule has 2 amide bonds. The first-order valence-corrected chi connectivity index (χ1v) is 7.74. The number of primary amides is 1. The zero-order chi connectivity index (χ0) is 16.1. The number of hydrogen-bond donors (Lipinski definition) is 2. The normalized spacial score (nSPS) is 11.7. The van der Waals surface area contributed by atoms with Crippen molar-refractivity contribution in [2.24, 2.45) is 5.73 Å². The van der Waals surface area contributed by atoms with E-state index in [1.807, 2.05) is 24.3 Å². The fourth-order valence-corrected chi connectivity index (χ4v) is 2.66. The summed E-state index contributed by atoms with van der Waals surface area (Å²) in [6, 6.07) is 13.3. The first-order chi connectivity index (χ1) is 10.5. The lowest BCUT2D eigenvalue weighted by atomic mass is 10.0. The molecular formula is C16H14BrClN2O2. The molecule has 0 aliphatic rings. The van der Waals surface area contributed by atoms with Gasteiger partial charge < -0.3 is 11.1 Å². The van der Waals surface area contributed by atoms with Crippen LogP contribution in [0.4, 0.5) is 0 Å². The maximum atomic E-state index is 12.2. The van der Waals surface area contributed by atoms with E-state index in [0.717, 1.165) is 10.0 Å². The highest BCUT2D eigenvalue weighted by Gasteiger charge is 2.21. The summed E-state index contributed by atoms with van der Waals surface area (Å²) in [5.74, 6) is -1.03. The van der Waals surface area contributed by atoms with Crippen molar-refractivity contribution < 1.29 is 9.59 Å². The second-order valence-electron chi connectivity index (χ2n) is 4.70. The van der Waals surface area contributed by atoms with E-state index in [9.17, 15) is 9.59 Å². The van der Waals surface area contributed by atoms with E-state index in [1.165, 1.54) is 0 Å². The van der Waals surface area contributed by atoms with Crippen LogP contribution >= 0.6 is 27.5 Å². The molecule has 0 heterocycles. The molecule has 114 valence electrons. The molecule has 0 fully saturated rings. The Morgan fingerprint density at radius 2 is 1.77 bits per heavy atom. The summed E-state index contributed by atoms with van der Waals surface area (Å²) in [7, 11) is 0. The molecule has 0 radical (unpaired) electrons. The minimum Gasteiger partial charge on any atom is -0.368 e. The van der Waals surface area contributed by atoms with Gasteiger partial charge in [0, 0.05) is 10.9 Å². The molecule has 0 saturated heterocycles. The van der Waals surface area contributed by atoms with Crippen molar-refractivity contribution in [1.29, 1.82) is 0 Å². The molecule has 0 aliphatic carbocycles. The topological polar surface area (TPSA) is 72.2 Å². The van der Waals surface area contributed by atoms with Gasteiger partial charge in [-0.2, -0.15) is 0 Å². The van der Waals surface area contributed by atoms with Gasteiger partial charge in [-0.1, -0.05) is 57.9 Å². The standard InChI is InChI=1S/C16H14BrClN2O2/c17-12-7-3-1-5-10(12)9-14(15(19)21)20-16(22)11-6-2-4-8-13(11)18/h1-8,14H,9H2,(H2,19,21)(H,20,22)/t14-/m1/s1. The highest BCUT2D eigenvalue weighted by molar-refractivity contribution is 9.10. The van der Waals surface area contributed by atoms with Crippen LogP contribution in [0, 0.1) is 0 Å². The average molecular weight is 382 g/mol. The Morgan fingerprint density at radius 3 is 2.41 bits per heavy atom. The number of nitrogens with two attached hydrogens (primary N) is 1. The third kappa shape index (κ3) is 4.08. The number of rotatable bonds is 5. The Morgan fingerprint density at radius 1 is 1.14 bits per heavy atom. The summed E-state index contributed by atoms with van der Waals surface area (Å²) in [5, 5.41) is 2.95. The maximum Gasteiger partial charge on any atom is 0.253 e. The van der Waals surface area contributed by atoms with Gasteiger partial charge in [0.25, 0.3) is 5.91 Å². The van der Waals surface area contributed by atoms with E-state index in [2.05, 4.69) is 21.2 Å². The molecular weight excluding hydrogens is 368 g/mol. The van der Waals surface area contributed by atoms with Crippen LogP contribution < -0.4 is 11.1 Å². The van der Waals surface area contributed by atoms with Crippen LogP contribution in [0.3, 0.4) is 0 Å². The molecule has 4 nitrogen and oxygen atoms in total. The van der Waals surface area contributed by atoms with Crippen LogP contribution in [0.2, 0.25) is 5.02 Å². The highest BCUT2D eigenvalue weighted by atomic mass is 79.9. The van der Waals surface area contributed by atoms with Gasteiger partial charge in [-0.25, -0.2) is 0 Å². The number of carbonyl (C=O) groups is 2. The second-order valence-corrected chi connectivity index (χ2v) is 5.97. The molecule has 0 aromatic heterocycles. The molecule has 3 N–H and O–H groups in total. The molecule has 6 heteroatoms. The fraction of sp³-hybridized carbons (Fsp3) is 0.125. The van der Waals surface area contributed by atoms with Crippen LogP contribution in [0.15, 0.2) is 53.0 Å². The minimum atomic E-state index is -0.817. The molecule has 2 aromatic carbocycles. The molecule has 0 spiro atoms. The van der Waals surface area contributed by atoms with E-state index < -0.39 is 17.9 Å². The van der Waals surface area contributed by atoms with Gasteiger partial charge in [0.1, 0.15) is 6.04 Å². The molecule has 22 heavy (non-hydrogen) atoms. The lowest BCUT2D eigenvalue weighted by molar-refractivity contribution is -0.119. The Kier molecular flexibility index (Phi) is 5.57. The Labute approximate surface area is 141 Å². The number of nitrogens with one attached hydrogen (secondary N) is 1. The number of amides is 2. The Bertz CT molecular complexity index is 706. The minimum absolute atomic E-state index is 0.299. The quantitative estimate of drug-likeness (QED) is 0.836. The third-order valence-corrected chi connectivity index (χ3v) is 4.25. The van der Waals surface area contributed by atoms with Crippen molar-refractivity contribution in [3.8, 4) is 0 Å². The summed E-state index contributed by atoms with van der Waals surface area (Å²) < 4.78 is 0.855. The molecule has 0 aliphatic heterocycles. The molecule has 0 unspecified atom stereocenters. The van der Waals surface area contributed by atoms with Gasteiger partial charge in [-0.15, -0.1) is 0 Å². The molecule has 0 bridgehead atoms. The van der Waals surface area contributed by atoms with Crippen molar-refractivity contribution in [1.82, 2.24) is 5.32 Å². The molecule has 2 rings (SSSR count). The first kappa shape index (κ1) is 16.5. The number of halogens is 2. The van der Waals surface area contributed by atoms with Crippen LogP contribution in [0.1, 0.15) is 15.9 Å². The zero-order valence-electron chi connectivity index (χ0n) is 11.6. The van der Waals surface area contributed by atoms with Crippen LogP contribution in [0.5, 0.6) is 0 Å². The van der Waals surface area contributed by atoms with Gasteiger partial charge in [0.15, 0.2) is 0 Å². The smallest absolute Gasteiger partial charge is 0.253 e. The van der Waals surface area contributed by atoms with Gasteiger partial charge >= 0.3 is 0 Å². The molecule has 1 atom stereocenters. The van der Waals surface area contributed by atoms with Crippen molar-refractivity contribution >= 4 is 39.3 Å². The second kappa shape index (κ2) is 7.42. The van der Waals surface area contributed by atoms with Crippen molar-refractivity contribution in [3.05, 3.63) is 69.2 Å². The van der Waals surface area contributed by atoms with E-state index in [-0.39, 0.29) is 0 Å². The molecule has 2 aromatic rings. The number of hydrogen-bond acceptors (Lipinski definition) is 2. The van der Waals surface area contributed by atoms with Gasteiger partial charge in [0.2, 0.25) is 5.91 Å². The lowest BCUT2D eigenvalue weighted by Gasteiger charge is -2.17. The summed E-state index contributed by atoms with van der Waals surface area (Å²) in [4.78, 5) is 23.9. The fourth-order valence-electron chi connectivity index (χ4n) is 1.99. The van der Waals surface area contributed by atoms with E-state index >= 15 is 0 Å². The first-order valence-electron chi connectivity index (χ1n) is 6.57. The third-order valence-electron chi connectivity index (χ3n) is 3.15. The van der Waals surface area contributed by atoms with Crippen molar-refractivity contribution in [3.63, 3.8) is 0 Å². The van der Waals surface area contributed by atoms with Crippen molar-refractivity contribution in [2.75, 3.05) is 0 Å². The summed E-state index contributed by atoms with van der Waals surface area (Å²) >= 11 is 9.39. The van der Waals surface area contributed by atoms with E-state index in [4.69, 9.17) is 17.3 Å². The van der Waals surface area contributed by atoms with Gasteiger partial charge in [-0.05, 0) is 23.8 Å². The monoisotopic (exact) mass is 380 g/mol. The van der Waals surface area contributed by atoms with Crippen LogP contribution in [0.25, 0.3) is 0 Å². The maximum absolute atomic E-state index is 12.2. The zero-order valence-corrected chi connectivity index (χ0v) is 13.9. The van der Waals surface area contributed by atoms with E-state index in [1.54, 1.807) is 24.3 Å². The Balaban J connectivity index is 2.16. The summed E-state index contributed by atoms with van der Waals surface area (Å²) in [6.07, 6.45) is 0.299. The van der Waals surface area contributed by atoms with E-state index in [0.29, 0.717) is 17.0 Å². The van der Waals surface area contributed by atoms with Crippen LogP contribution in [-0.2, 0) is 11.2 Å². The predicted molar refractivity (Wildman–Crippen MR) is 89.7 cm³/mol. The number of benzene rings is 2. The predicted octanol–water partition coefficient (Wildman–Crippen LogP) is 2.93. The summed E-state index contributed by atoms with van der Waals surface area (Å²) in [5.41, 5.74) is 6.59. The van der Waals surface area contributed by atoms with Gasteiger partial charge in [0.05, 0.1) is 10.6 Å². The SMILES string of the molecule is NC(=O)[C@@H](Cc1ccccc1Br)NC(=O)c1ccccc1Cl. The van der Waals surface area contributed by atoms with Gasteiger partial charge in [-0.3, -0.25) is 9.59 Å². The molecule has 0 saturated carbocycles. The highest BCUT2D eigenvalue weighted by Crippen LogP contribution is 2.18. The van der Waals surface area contributed by atoms with Crippen LogP contribution in [-0.4, -0.2) is 17.9 Å².